The first-order valence-electron chi connectivity index (χ1n) is 7.55. The number of rotatable bonds is 6. The van der Waals surface area contributed by atoms with E-state index >= 15 is 0 Å². The van der Waals surface area contributed by atoms with E-state index in [1.807, 2.05) is 66.0 Å². The van der Waals surface area contributed by atoms with Crippen LogP contribution in [0, 0.1) is 0 Å². The predicted molar refractivity (Wildman–Crippen MR) is 95.0 cm³/mol. The lowest BCUT2D eigenvalue weighted by atomic mass is 10.1. The highest BCUT2D eigenvalue weighted by Crippen LogP contribution is 2.36. The van der Waals surface area contributed by atoms with Crippen molar-refractivity contribution < 1.29 is 19.1 Å². The number of carbonyl (C=O) groups excluding carboxylic acids is 3. The maximum absolute atomic E-state index is 12.5. The average molecular weight is 358 g/mol. The van der Waals surface area contributed by atoms with Crippen LogP contribution in [0.4, 0.5) is 4.79 Å². The standard InChI is InChI=1S/C18H18N2O4S/c1-19-18(23)20-15(21)12-24-17(22)16(13-8-4-2-5-9-13)25-14-10-6-3-7-11-14/h2-11,16H,12H2,1H3,(H2,19,20,21,23)/t16-/m1/s1. The number of ether oxygens (including phenoxy) is 1. The number of benzene rings is 2. The second-order valence-corrected chi connectivity index (χ2v) is 6.14. The van der Waals surface area contributed by atoms with E-state index in [9.17, 15) is 14.4 Å². The molecular formula is C18H18N2O4S. The molecule has 2 aromatic carbocycles. The Balaban J connectivity index is 2.05. The van der Waals surface area contributed by atoms with Gasteiger partial charge in [0.1, 0.15) is 5.25 Å². The van der Waals surface area contributed by atoms with Crippen molar-refractivity contribution in [1.82, 2.24) is 10.6 Å². The lowest BCUT2D eigenvalue weighted by molar-refractivity contribution is -0.147. The van der Waals surface area contributed by atoms with Gasteiger partial charge in [-0.15, -0.1) is 11.8 Å². The Morgan fingerprint density at radius 1 is 1.00 bits per heavy atom. The summed E-state index contributed by atoms with van der Waals surface area (Å²) in [6.07, 6.45) is 0. The molecule has 0 spiro atoms. The molecule has 3 amide bonds. The fourth-order valence-corrected chi connectivity index (χ4v) is 3.00. The molecule has 0 fully saturated rings. The van der Waals surface area contributed by atoms with Gasteiger partial charge < -0.3 is 10.1 Å². The number of thioether (sulfide) groups is 1. The van der Waals surface area contributed by atoms with Gasteiger partial charge in [0.15, 0.2) is 6.61 Å². The quantitative estimate of drug-likeness (QED) is 0.612. The molecule has 2 aromatic rings. The van der Waals surface area contributed by atoms with E-state index in [1.54, 1.807) is 0 Å². The van der Waals surface area contributed by atoms with E-state index in [4.69, 9.17) is 4.74 Å². The number of esters is 1. The summed E-state index contributed by atoms with van der Waals surface area (Å²) in [7, 11) is 1.39. The zero-order valence-corrected chi connectivity index (χ0v) is 14.4. The third-order valence-electron chi connectivity index (χ3n) is 3.14. The first-order valence-corrected chi connectivity index (χ1v) is 8.43. The summed E-state index contributed by atoms with van der Waals surface area (Å²) in [5, 5.41) is 3.68. The molecule has 2 N–H and O–H groups in total. The van der Waals surface area contributed by atoms with Gasteiger partial charge in [-0.1, -0.05) is 48.5 Å². The van der Waals surface area contributed by atoms with Crippen LogP contribution < -0.4 is 10.6 Å². The van der Waals surface area contributed by atoms with Gasteiger partial charge in [0.2, 0.25) is 0 Å². The third-order valence-corrected chi connectivity index (χ3v) is 4.38. The highest BCUT2D eigenvalue weighted by molar-refractivity contribution is 8.00. The van der Waals surface area contributed by atoms with Crippen molar-refractivity contribution in [1.29, 1.82) is 0 Å². The molecule has 130 valence electrons. The highest BCUT2D eigenvalue weighted by Gasteiger charge is 2.24. The van der Waals surface area contributed by atoms with Gasteiger partial charge in [-0.05, 0) is 17.7 Å². The van der Waals surface area contributed by atoms with Crippen molar-refractivity contribution in [3.63, 3.8) is 0 Å². The molecule has 0 saturated heterocycles. The van der Waals surface area contributed by atoms with Crippen LogP contribution in [0.3, 0.4) is 0 Å². The number of nitrogens with one attached hydrogen (secondary N) is 2. The Hall–Kier alpha value is -2.80. The van der Waals surface area contributed by atoms with Gasteiger partial charge in [0, 0.05) is 11.9 Å². The summed E-state index contributed by atoms with van der Waals surface area (Å²) in [5.41, 5.74) is 0.771. The Morgan fingerprint density at radius 2 is 1.60 bits per heavy atom. The first-order chi connectivity index (χ1) is 12.1. The van der Waals surface area contributed by atoms with E-state index in [-0.39, 0.29) is 0 Å². The zero-order valence-electron chi connectivity index (χ0n) is 13.6. The molecule has 0 radical (unpaired) electrons. The second kappa shape index (κ2) is 9.48. The molecular weight excluding hydrogens is 340 g/mol. The minimum absolute atomic E-state index is 0.523. The van der Waals surface area contributed by atoms with Crippen molar-refractivity contribution in [3.05, 3.63) is 66.2 Å². The summed E-state index contributed by atoms with van der Waals surface area (Å²) in [5.74, 6) is -1.24. The molecule has 0 aromatic heterocycles. The second-order valence-electron chi connectivity index (χ2n) is 4.96. The van der Waals surface area contributed by atoms with Gasteiger partial charge >= 0.3 is 12.0 Å². The fourth-order valence-electron chi connectivity index (χ4n) is 1.95. The van der Waals surface area contributed by atoms with E-state index in [0.717, 1.165) is 10.5 Å². The minimum Gasteiger partial charge on any atom is -0.454 e. The summed E-state index contributed by atoms with van der Waals surface area (Å²) in [6, 6.07) is 18.0. The lowest BCUT2D eigenvalue weighted by Crippen LogP contribution is -2.39. The van der Waals surface area contributed by atoms with Crippen LogP contribution in [0.1, 0.15) is 10.8 Å². The monoisotopic (exact) mass is 358 g/mol. The van der Waals surface area contributed by atoms with Crippen LogP contribution in [0.2, 0.25) is 0 Å². The predicted octanol–water partition coefficient (Wildman–Crippen LogP) is 2.52. The normalized spacial score (nSPS) is 11.2. The van der Waals surface area contributed by atoms with Crippen molar-refractivity contribution in [2.75, 3.05) is 13.7 Å². The average Bonchev–Trinajstić information content (AvgIpc) is 2.65. The molecule has 2 rings (SSSR count). The topological polar surface area (TPSA) is 84.5 Å². The fraction of sp³-hybridized carbons (Fsp3) is 0.167. The molecule has 25 heavy (non-hydrogen) atoms. The number of urea groups is 1. The van der Waals surface area contributed by atoms with E-state index in [1.165, 1.54) is 18.8 Å². The number of carbonyl (C=O) groups is 3. The van der Waals surface area contributed by atoms with E-state index < -0.39 is 29.8 Å². The highest BCUT2D eigenvalue weighted by atomic mass is 32.2. The van der Waals surface area contributed by atoms with Gasteiger partial charge in [0.25, 0.3) is 5.91 Å². The molecule has 0 aliphatic heterocycles. The Morgan fingerprint density at radius 3 is 2.20 bits per heavy atom. The largest absolute Gasteiger partial charge is 0.454 e. The maximum Gasteiger partial charge on any atom is 0.324 e. The van der Waals surface area contributed by atoms with Crippen molar-refractivity contribution >= 4 is 29.7 Å². The maximum atomic E-state index is 12.5. The van der Waals surface area contributed by atoms with Gasteiger partial charge in [-0.25, -0.2) is 4.79 Å². The summed E-state index contributed by atoms with van der Waals surface area (Å²) in [4.78, 5) is 36.0. The van der Waals surface area contributed by atoms with Crippen LogP contribution in [-0.4, -0.2) is 31.6 Å². The van der Waals surface area contributed by atoms with Crippen molar-refractivity contribution in [2.45, 2.75) is 10.1 Å². The smallest absolute Gasteiger partial charge is 0.324 e. The van der Waals surface area contributed by atoms with Gasteiger partial charge in [-0.2, -0.15) is 0 Å². The summed E-state index contributed by atoms with van der Waals surface area (Å²) < 4.78 is 5.09. The van der Waals surface area contributed by atoms with Crippen LogP contribution in [0.5, 0.6) is 0 Å². The lowest BCUT2D eigenvalue weighted by Gasteiger charge is -2.16. The van der Waals surface area contributed by atoms with E-state index in [2.05, 4.69) is 5.32 Å². The van der Waals surface area contributed by atoms with Gasteiger partial charge in [-0.3, -0.25) is 14.9 Å². The van der Waals surface area contributed by atoms with Crippen LogP contribution in [-0.2, 0) is 14.3 Å². The number of imide groups is 1. The molecule has 0 aliphatic carbocycles. The molecule has 0 saturated carbocycles. The Kier molecular flexibility index (Phi) is 7.03. The third kappa shape index (κ3) is 5.96. The molecule has 1 atom stereocenters. The minimum atomic E-state index is -0.691. The first kappa shape index (κ1) is 18.5. The molecule has 7 heteroatoms. The zero-order chi connectivity index (χ0) is 18.1. The Labute approximate surface area is 149 Å². The number of hydrogen-bond donors (Lipinski definition) is 2. The summed E-state index contributed by atoms with van der Waals surface area (Å²) >= 11 is 1.33. The van der Waals surface area contributed by atoms with Crippen molar-refractivity contribution in [3.8, 4) is 0 Å². The van der Waals surface area contributed by atoms with Gasteiger partial charge in [0.05, 0.1) is 0 Å². The van der Waals surface area contributed by atoms with Crippen LogP contribution in [0.15, 0.2) is 65.6 Å². The summed E-state index contributed by atoms with van der Waals surface area (Å²) in [6.45, 7) is -0.523. The SMILES string of the molecule is CNC(=O)NC(=O)COC(=O)[C@H](Sc1ccccc1)c1ccccc1. The van der Waals surface area contributed by atoms with Crippen LogP contribution in [0.25, 0.3) is 0 Å². The number of hydrogen-bond acceptors (Lipinski definition) is 5. The molecule has 6 nitrogen and oxygen atoms in total. The Bertz CT molecular complexity index is 722. The molecule has 0 unspecified atom stereocenters. The molecule has 0 bridgehead atoms. The van der Waals surface area contributed by atoms with Crippen LogP contribution >= 0.6 is 11.8 Å². The van der Waals surface area contributed by atoms with Crippen molar-refractivity contribution in [2.24, 2.45) is 0 Å². The number of amides is 3. The van der Waals surface area contributed by atoms with E-state index in [0.29, 0.717) is 0 Å². The molecule has 0 heterocycles. The molecule has 0 aliphatic rings.